The minimum Gasteiger partial charge on any atom is -0.487 e. The van der Waals surface area contributed by atoms with Crippen LogP contribution < -0.4 is 4.74 Å². The second-order valence-corrected chi connectivity index (χ2v) is 14.0. The molecule has 0 saturated heterocycles. The van der Waals surface area contributed by atoms with Crippen LogP contribution >= 0.6 is 11.8 Å². The van der Waals surface area contributed by atoms with Crippen LogP contribution in [0.5, 0.6) is 5.75 Å². The molecule has 3 aromatic heterocycles. The Morgan fingerprint density at radius 3 is 2.26 bits per heavy atom. The van der Waals surface area contributed by atoms with Crippen molar-refractivity contribution in [3.8, 4) is 16.9 Å². The van der Waals surface area contributed by atoms with Crippen molar-refractivity contribution in [2.75, 3.05) is 0 Å². The van der Waals surface area contributed by atoms with E-state index in [0.29, 0.717) is 19.6 Å². The topological polar surface area (TPSA) is 77.2 Å². The molecule has 0 aliphatic heterocycles. The van der Waals surface area contributed by atoms with Crippen LogP contribution in [0.2, 0.25) is 0 Å². The molecule has 0 radical (unpaired) electrons. The van der Waals surface area contributed by atoms with Gasteiger partial charge in [0.2, 0.25) is 0 Å². The quantitative estimate of drug-likeness (QED) is 0.168. The van der Waals surface area contributed by atoms with E-state index >= 15 is 0 Å². The Hall–Kier alpha value is -4.10. The Morgan fingerprint density at radius 1 is 0.905 bits per heavy atom. The molecule has 42 heavy (non-hydrogen) atoms. The molecule has 0 aliphatic carbocycles. The number of carboxylic acid groups (broad SMARTS) is 1. The number of carbonyl (C=O) groups is 1. The van der Waals surface area contributed by atoms with E-state index in [0.717, 1.165) is 49.6 Å². The van der Waals surface area contributed by atoms with Gasteiger partial charge in [-0.3, -0.25) is 14.8 Å². The molecule has 7 heteroatoms. The molecule has 0 saturated carbocycles. The third-order valence-electron chi connectivity index (χ3n) is 7.11. The summed E-state index contributed by atoms with van der Waals surface area (Å²) in [5, 5.41) is 11.2. The Bertz CT molecular complexity index is 1670. The molecule has 1 N–H and O–H groups in total. The minimum absolute atomic E-state index is 0.0851. The molecule has 216 valence electrons. The number of ether oxygens (including phenoxy) is 1. The van der Waals surface area contributed by atoms with E-state index in [1.165, 1.54) is 0 Å². The molecule has 0 fully saturated rings. The Balaban J connectivity index is 1.59. The van der Waals surface area contributed by atoms with Crippen LogP contribution in [0.4, 0.5) is 0 Å². The van der Waals surface area contributed by atoms with Crippen LogP contribution in [-0.4, -0.2) is 30.4 Å². The van der Waals surface area contributed by atoms with E-state index in [1.807, 2.05) is 36.4 Å². The molecule has 0 spiro atoms. The first kappa shape index (κ1) is 29.4. The SMILES string of the molecule is CC(C)(C)Sc1c(CC(C)(C)C(=O)O)n(Cc2ccc(-c3ccncc3)cc2)c2ccc(OCc3ccccn3)cc12. The van der Waals surface area contributed by atoms with Gasteiger partial charge in [0.15, 0.2) is 0 Å². The van der Waals surface area contributed by atoms with Gasteiger partial charge in [0.1, 0.15) is 12.4 Å². The smallest absolute Gasteiger partial charge is 0.309 e. The molecule has 2 aromatic carbocycles. The van der Waals surface area contributed by atoms with E-state index in [2.05, 4.69) is 71.7 Å². The van der Waals surface area contributed by atoms with Crippen LogP contribution in [0, 0.1) is 5.41 Å². The molecule has 6 nitrogen and oxygen atoms in total. The zero-order valence-electron chi connectivity index (χ0n) is 24.8. The number of rotatable bonds is 10. The second kappa shape index (κ2) is 12.0. The van der Waals surface area contributed by atoms with Crippen molar-refractivity contribution in [2.24, 2.45) is 5.41 Å². The van der Waals surface area contributed by atoms with E-state index in [1.54, 1.807) is 44.2 Å². The standard InChI is InChI=1S/C35H37N3O3S/c1-34(2,3)42-32-29-20-28(41-23-27-8-6-7-17-37-27)13-14-30(29)38(31(32)21-35(4,5)33(39)40)22-24-9-11-25(12-10-24)26-15-18-36-19-16-26/h6-20H,21-23H2,1-5H3,(H,39,40). The van der Waals surface area contributed by atoms with Crippen LogP contribution in [0.1, 0.15) is 51.6 Å². The van der Waals surface area contributed by atoms with Gasteiger partial charge in [-0.25, -0.2) is 0 Å². The van der Waals surface area contributed by atoms with Gasteiger partial charge in [0, 0.05) is 57.8 Å². The number of fused-ring (bicyclic) bond motifs is 1. The van der Waals surface area contributed by atoms with Crippen molar-refractivity contribution in [1.29, 1.82) is 0 Å². The minimum atomic E-state index is -0.942. The fourth-order valence-electron chi connectivity index (χ4n) is 4.89. The lowest BCUT2D eigenvalue weighted by Crippen LogP contribution is -2.28. The molecule has 0 amide bonds. The van der Waals surface area contributed by atoms with Crippen LogP contribution in [0.15, 0.2) is 96.3 Å². The van der Waals surface area contributed by atoms with Gasteiger partial charge in [-0.05, 0) is 73.0 Å². The van der Waals surface area contributed by atoms with Crippen molar-refractivity contribution >= 4 is 28.6 Å². The number of benzene rings is 2. The Morgan fingerprint density at radius 2 is 1.62 bits per heavy atom. The number of thioether (sulfide) groups is 1. The van der Waals surface area contributed by atoms with Crippen LogP contribution in [0.25, 0.3) is 22.0 Å². The molecule has 0 aliphatic rings. The average molecular weight is 580 g/mol. The highest BCUT2D eigenvalue weighted by atomic mass is 32.2. The first-order valence-corrected chi connectivity index (χ1v) is 14.9. The molecule has 0 atom stereocenters. The van der Waals surface area contributed by atoms with Crippen molar-refractivity contribution < 1.29 is 14.6 Å². The van der Waals surface area contributed by atoms with Gasteiger partial charge >= 0.3 is 5.97 Å². The van der Waals surface area contributed by atoms with Gasteiger partial charge in [-0.2, -0.15) is 0 Å². The first-order chi connectivity index (χ1) is 20.0. The van der Waals surface area contributed by atoms with Crippen LogP contribution in [0.3, 0.4) is 0 Å². The van der Waals surface area contributed by atoms with Gasteiger partial charge in [-0.15, -0.1) is 11.8 Å². The van der Waals surface area contributed by atoms with Crippen LogP contribution in [-0.2, 0) is 24.4 Å². The third kappa shape index (κ3) is 6.85. The number of hydrogen-bond donors (Lipinski definition) is 1. The number of carboxylic acids is 1. The predicted octanol–water partition coefficient (Wildman–Crippen LogP) is 8.27. The lowest BCUT2D eigenvalue weighted by molar-refractivity contribution is -0.146. The summed E-state index contributed by atoms with van der Waals surface area (Å²) >= 11 is 1.78. The van der Waals surface area contributed by atoms with Gasteiger partial charge in [0.25, 0.3) is 0 Å². The molecule has 5 aromatic rings. The van der Waals surface area contributed by atoms with Gasteiger partial charge < -0.3 is 14.4 Å². The highest BCUT2D eigenvalue weighted by Gasteiger charge is 2.32. The average Bonchev–Trinajstić information content (AvgIpc) is 3.22. The lowest BCUT2D eigenvalue weighted by Gasteiger charge is -2.24. The number of pyridine rings is 2. The number of hydrogen-bond acceptors (Lipinski definition) is 5. The lowest BCUT2D eigenvalue weighted by atomic mass is 9.88. The summed E-state index contributed by atoms with van der Waals surface area (Å²) in [5.41, 5.74) is 5.39. The van der Waals surface area contributed by atoms with Crippen molar-refractivity contribution in [1.82, 2.24) is 14.5 Å². The zero-order valence-corrected chi connectivity index (χ0v) is 25.6. The molecule has 3 heterocycles. The fraction of sp³-hybridized carbons (Fsp3) is 0.286. The van der Waals surface area contributed by atoms with Crippen molar-refractivity contribution in [3.63, 3.8) is 0 Å². The molecular weight excluding hydrogens is 542 g/mol. The van der Waals surface area contributed by atoms with E-state index in [9.17, 15) is 9.90 Å². The predicted molar refractivity (Wildman–Crippen MR) is 170 cm³/mol. The summed E-state index contributed by atoms with van der Waals surface area (Å²) in [4.78, 5) is 21.9. The summed E-state index contributed by atoms with van der Waals surface area (Å²) in [5.74, 6) is -0.0566. The summed E-state index contributed by atoms with van der Waals surface area (Å²) in [7, 11) is 0. The molecule has 5 rings (SSSR count). The molecular formula is C35H37N3O3S. The third-order valence-corrected chi connectivity index (χ3v) is 8.38. The fourth-order valence-corrected chi connectivity index (χ4v) is 6.07. The largest absolute Gasteiger partial charge is 0.487 e. The van der Waals surface area contributed by atoms with E-state index < -0.39 is 11.4 Å². The maximum absolute atomic E-state index is 12.3. The summed E-state index contributed by atoms with van der Waals surface area (Å²) in [6, 6.07) is 24.5. The monoisotopic (exact) mass is 579 g/mol. The van der Waals surface area contributed by atoms with E-state index in [-0.39, 0.29) is 4.75 Å². The summed E-state index contributed by atoms with van der Waals surface area (Å²) in [6.45, 7) is 11.2. The second-order valence-electron chi connectivity index (χ2n) is 12.2. The summed E-state index contributed by atoms with van der Waals surface area (Å²) < 4.78 is 8.37. The number of aliphatic carboxylic acids is 1. The van der Waals surface area contributed by atoms with Gasteiger partial charge in [-0.1, -0.05) is 51.1 Å². The molecule has 0 bridgehead atoms. The zero-order chi connectivity index (χ0) is 29.9. The van der Waals surface area contributed by atoms with E-state index in [4.69, 9.17) is 4.74 Å². The Kier molecular flexibility index (Phi) is 8.41. The highest BCUT2D eigenvalue weighted by molar-refractivity contribution is 8.00. The maximum Gasteiger partial charge on any atom is 0.309 e. The number of aromatic nitrogens is 3. The van der Waals surface area contributed by atoms with Gasteiger partial charge in [0.05, 0.1) is 11.1 Å². The summed E-state index contributed by atoms with van der Waals surface area (Å²) in [6.07, 6.45) is 5.76. The molecule has 0 unspecified atom stereocenters. The van der Waals surface area contributed by atoms with Crippen molar-refractivity contribution in [2.45, 2.75) is 63.8 Å². The Labute approximate surface area is 251 Å². The number of nitrogens with zero attached hydrogens (tertiary/aromatic N) is 3. The first-order valence-electron chi connectivity index (χ1n) is 14.1. The maximum atomic E-state index is 12.3. The normalized spacial score (nSPS) is 12.0. The van der Waals surface area contributed by atoms with Crippen molar-refractivity contribution in [3.05, 3.63) is 108 Å². The highest BCUT2D eigenvalue weighted by Crippen LogP contribution is 2.44.